The zero-order valence-corrected chi connectivity index (χ0v) is 18.2. The lowest BCUT2D eigenvalue weighted by Gasteiger charge is -2.34. The molecule has 0 spiro atoms. The molecule has 5 rings (SSSR count). The molecule has 32 heavy (non-hydrogen) atoms. The zero-order chi connectivity index (χ0) is 22.1. The Morgan fingerprint density at radius 1 is 1.22 bits per heavy atom. The Labute approximate surface area is 187 Å². The smallest absolute Gasteiger partial charge is 0.269 e. The summed E-state index contributed by atoms with van der Waals surface area (Å²) >= 11 is 1.23. The topological polar surface area (TPSA) is 100 Å². The van der Waals surface area contributed by atoms with Crippen molar-refractivity contribution in [1.29, 1.82) is 0 Å². The van der Waals surface area contributed by atoms with Crippen LogP contribution >= 0.6 is 11.3 Å². The van der Waals surface area contributed by atoms with Gasteiger partial charge in [0, 0.05) is 37.3 Å². The number of H-pyrrole nitrogens is 1. The van der Waals surface area contributed by atoms with Gasteiger partial charge < -0.3 is 19.9 Å². The number of hydrogen-bond donors (Lipinski definition) is 2. The molecule has 1 fully saturated rings. The Morgan fingerprint density at radius 2 is 2.06 bits per heavy atom. The molecule has 1 saturated heterocycles. The number of nitrogens with zero attached hydrogens (tertiary/aromatic N) is 3. The number of benzene rings is 1. The fourth-order valence-electron chi connectivity index (χ4n) is 3.87. The first kappa shape index (κ1) is 20.3. The van der Waals surface area contributed by atoms with E-state index in [0.29, 0.717) is 46.9 Å². The van der Waals surface area contributed by atoms with Crippen molar-refractivity contribution in [2.24, 2.45) is 0 Å². The van der Waals surface area contributed by atoms with Crippen LogP contribution in [0.5, 0.6) is 5.75 Å². The Bertz CT molecular complexity index is 1320. The van der Waals surface area contributed by atoms with Gasteiger partial charge in [-0.2, -0.15) is 0 Å². The molecule has 4 aromatic rings. The Morgan fingerprint density at radius 3 is 2.81 bits per heavy atom. The quantitative estimate of drug-likeness (QED) is 0.499. The van der Waals surface area contributed by atoms with E-state index in [1.54, 1.807) is 30.8 Å². The summed E-state index contributed by atoms with van der Waals surface area (Å²) in [5.74, 6) is 1.02. The van der Waals surface area contributed by atoms with Gasteiger partial charge in [-0.05, 0) is 29.8 Å². The van der Waals surface area contributed by atoms with Crippen LogP contribution in [-0.4, -0.2) is 52.5 Å². The number of piperazine rings is 1. The minimum Gasteiger partial charge on any atom is -0.497 e. The van der Waals surface area contributed by atoms with Gasteiger partial charge in [-0.25, -0.2) is 4.98 Å². The van der Waals surface area contributed by atoms with Crippen LogP contribution < -0.4 is 15.6 Å². The van der Waals surface area contributed by atoms with Crippen molar-refractivity contribution < 1.29 is 9.53 Å². The first-order chi connectivity index (χ1) is 15.6. The number of carbonyl (C=O) groups is 1. The first-order valence-corrected chi connectivity index (χ1v) is 11.1. The molecule has 2 N–H and O–H groups in total. The van der Waals surface area contributed by atoms with Crippen molar-refractivity contribution in [2.45, 2.75) is 6.04 Å². The monoisotopic (exact) mass is 447 g/mol. The number of aromatic amines is 1. The summed E-state index contributed by atoms with van der Waals surface area (Å²) in [7, 11) is 1.64. The van der Waals surface area contributed by atoms with Crippen LogP contribution in [-0.2, 0) is 0 Å². The van der Waals surface area contributed by atoms with E-state index in [0.717, 1.165) is 11.3 Å². The predicted molar refractivity (Wildman–Crippen MR) is 123 cm³/mol. The number of hydrogen-bond acceptors (Lipinski definition) is 7. The number of nitrogens with one attached hydrogen (secondary N) is 2. The van der Waals surface area contributed by atoms with Crippen molar-refractivity contribution >= 4 is 27.5 Å². The van der Waals surface area contributed by atoms with Crippen LogP contribution in [0.3, 0.4) is 0 Å². The van der Waals surface area contributed by atoms with E-state index in [-0.39, 0.29) is 17.5 Å². The molecule has 1 aliphatic rings. The van der Waals surface area contributed by atoms with Gasteiger partial charge in [-0.15, -0.1) is 11.3 Å². The lowest BCUT2D eigenvalue weighted by Crippen LogP contribution is -2.48. The van der Waals surface area contributed by atoms with Crippen LogP contribution in [0.25, 0.3) is 21.7 Å². The zero-order valence-electron chi connectivity index (χ0n) is 17.4. The molecule has 1 amide bonds. The second-order valence-corrected chi connectivity index (χ2v) is 8.37. The minimum absolute atomic E-state index is 0.0175. The van der Waals surface area contributed by atoms with Crippen molar-refractivity contribution in [3.63, 3.8) is 0 Å². The van der Waals surface area contributed by atoms with E-state index in [1.165, 1.54) is 11.3 Å². The Hall–Kier alpha value is -3.56. The normalized spacial score (nSPS) is 16.3. The van der Waals surface area contributed by atoms with Crippen LogP contribution in [0, 0.1) is 0 Å². The lowest BCUT2D eigenvalue weighted by molar-refractivity contribution is 0.0705. The number of carbonyl (C=O) groups excluding carboxylic acids is 1. The number of methoxy groups -OCH3 is 1. The van der Waals surface area contributed by atoms with Crippen molar-refractivity contribution in [3.8, 4) is 17.3 Å². The van der Waals surface area contributed by atoms with Gasteiger partial charge >= 0.3 is 0 Å². The minimum atomic E-state index is -0.267. The SMILES string of the molecule is COc1ccc(C2CN(C(=O)c3csc4c(=O)[nH]c(-c5ccccn5)nc34)CCN2)cc1. The Kier molecular flexibility index (Phi) is 5.42. The maximum absolute atomic E-state index is 13.4. The van der Waals surface area contributed by atoms with E-state index >= 15 is 0 Å². The molecule has 0 saturated carbocycles. The highest BCUT2D eigenvalue weighted by atomic mass is 32.1. The molecule has 0 aliphatic carbocycles. The molecular formula is C23H21N5O3S. The third-order valence-electron chi connectivity index (χ3n) is 5.55. The lowest BCUT2D eigenvalue weighted by atomic mass is 10.0. The second kappa shape index (κ2) is 8.52. The van der Waals surface area contributed by atoms with Gasteiger partial charge in [0.25, 0.3) is 11.5 Å². The predicted octanol–water partition coefficient (Wildman–Crippen LogP) is 2.84. The van der Waals surface area contributed by atoms with Crippen LogP contribution in [0.2, 0.25) is 0 Å². The van der Waals surface area contributed by atoms with Crippen molar-refractivity contribution in [3.05, 3.63) is 75.5 Å². The number of fused-ring (bicyclic) bond motifs is 1. The van der Waals surface area contributed by atoms with Gasteiger partial charge in [0.2, 0.25) is 0 Å². The summed E-state index contributed by atoms with van der Waals surface area (Å²) in [6.07, 6.45) is 1.64. The second-order valence-electron chi connectivity index (χ2n) is 7.49. The maximum Gasteiger partial charge on any atom is 0.269 e. The number of aromatic nitrogens is 3. The molecule has 1 unspecified atom stereocenters. The highest BCUT2D eigenvalue weighted by Crippen LogP contribution is 2.26. The van der Waals surface area contributed by atoms with Gasteiger partial charge in [-0.3, -0.25) is 14.6 Å². The number of thiophene rings is 1. The number of amides is 1. The van der Waals surface area contributed by atoms with Gasteiger partial charge in [0.05, 0.1) is 12.7 Å². The van der Waals surface area contributed by atoms with Crippen LogP contribution in [0.15, 0.2) is 58.8 Å². The summed E-state index contributed by atoms with van der Waals surface area (Å²) in [6, 6.07) is 13.3. The molecule has 0 radical (unpaired) electrons. The van der Waals surface area contributed by atoms with Crippen LogP contribution in [0.4, 0.5) is 0 Å². The Balaban J connectivity index is 1.45. The van der Waals surface area contributed by atoms with E-state index in [1.807, 2.05) is 35.2 Å². The third-order valence-corrected chi connectivity index (χ3v) is 6.51. The molecule has 3 aromatic heterocycles. The van der Waals surface area contributed by atoms with E-state index in [4.69, 9.17) is 4.74 Å². The summed E-state index contributed by atoms with van der Waals surface area (Å²) in [5.41, 5.74) is 2.24. The van der Waals surface area contributed by atoms with Crippen LogP contribution in [0.1, 0.15) is 22.0 Å². The molecular weight excluding hydrogens is 426 g/mol. The summed E-state index contributed by atoms with van der Waals surface area (Å²) < 4.78 is 5.67. The number of pyridine rings is 1. The van der Waals surface area contributed by atoms with E-state index in [9.17, 15) is 9.59 Å². The summed E-state index contributed by atoms with van der Waals surface area (Å²) in [5, 5.41) is 5.19. The molecule has 1 atom stereocenters. The van der Waals surface area contributed by atoms with Gasteiger partial charge in [0.15, 0.2) is 5.82 Å². The maximum atomic E-state index is 13.4. The highest BCUT2D eigenvalue weighted by Gasteiger charge is 2.28. The first-order valence-electron chi connectivity index (χ1n) is 10.2. The molecule has 162 valence electrons. The number of ether oxygens (including phenoxy) is 1. The standard InChI is InChI=1S/C23H21N5O3S/c1-31-15-7-5-14(6-8-15)18-12-28(11-10-25-18)23(30)16-13-32-20-19(16)26-21(27-22(20)29)17-4-2-3-9-24-17/h2-9,13,18,25H,10-12H2,1H3,(H,26,27,29). The fraction of sp³-hybridized carbons (Fsp3) is 0.217. The summed E-state index contributed by atoms with van der Waals surface area (Å²) in [4.78, 5) is 39.5. The molecule has 0 bridgehead atoms. The van der Waals surface area contributed by atoms with E-state index in [2.05, 4.69) is 20.3 Å². The largest absolute Gasteiger partial charge is 0.497 e. The highest BCUT2D eigenvalue weighted by molar-refractivity contribution is 7.17. The molecule has 8 nitrogen and oxygen atoms in total. The molecule has 4 heterocycles. The average molecular weight is 448 g/mol. The molecule has 1 aromatic carbocycles. The van der Waals surface area contributed by atoms with Crippen molar-refractivity contribution in [2.75, 3.05) is 26.7 Å². The van der Waals surface area contributed by atoms with E-state index < -0.39 is 0 Å². The summed E-state index contributed by atoms with van der Waals surface area (Å²) in [6.45, 7) is 1.79. The molecule has 1 aliphatic heterocycles. The van der Waals surface area contributed by atoms with Crippen molar-refractivity contribution in [1.82, 2.24) is 25.2 Å². The average Bonchev–Trinajstić information content (AvgIpc) is 3.29. The fourth-order valence-corrected chi connectivity index (χ4v) is 4.74. The number of rotatable bonds is 4. The van der Waals surface area contributed by atoms with Gasteiger partial charge in [-0.1, -0.05) is 18.2 Å². The van der Waals surface area contributed by atoms with Gasteiger partial charge in [0.1, 0.15) is 21.7 Å². The molecule has 9 heteroatoms. The third kappa shape index (κ3) is 3.76.